The van der Waals surface area contributed by atoms with Gasteiger partial charge in [-0.05, 0) is 77.9 Å². The van der Waals surface area contributed by atoms with Crippen LogP contribution in [0.15, 0.2) is 91.0 Å². The number of benzene rings is 4. The zero-order valence-electron chi connectivity index (χ0n) is 23.0. The quantitative estimate of drug-likeness (QED) is 0.169. The third-order valence-corrected chi connectivity index (χ3v) is 7.87. The van der Waals surface area contributed by atoms with Gasteiger partial charge in [0.05, 0.1) is 31.9 Å². The largest absolute Gasteiger partial charge is 0.508 e. The van der Waals surface area contributed by atoms with Gasteiger partial charge in [-0.2, -0.15) is 0 Å². The summed E-state index contributed by atoms with van der Waals surface area (Å²) in [4.78, 5) is 20.3. The predicted molar refractivity (Wildman–Crippen MR) is 162 cm³/mol. The number of methoxy groups -OCH3 is 3. The first-order valence-corrected chi connectivity index (χ1v) is 13.8. The highest BCUT2D eigenvalue weighted by Gasteiger charge is 2.22. The van der Waals surface area contributed by atoms with Gasteiger partial charge >= 0.3 is 0 Å². The number of ether oxygens (including phenoxy) is 3. The topological polar surface area (TPSA) is 81.1 Å². The lowest BCUT2D eigenvalue weighted by Gasteiger charge is -2.22. The van der Waals surface area contributed by atoms with Gasteiger partial charge in [-0.15, -0.1) is 0 Å². The van der Waals surface area contributed by atoms with Gasteiger partial charge < -0.3 is 24.2 Å². The van der Waals surface area contributed by atoms with Crippen molar-refractivity contribution >= 4 is 22.8 Å². The summed E-state index contributed by atoms with van der Waals surface area (Å²) >= 11 is 1.52. The number of aldehydes is 1. The van der Waals surface area contributed by atoms with Crippen LogP contribution in [-0.4, -0.2) is 37.7 Å². The minimum atomic E-state index is 0.216. The molecule has 0 unspecified atom stereocenters. The van der Waals surface area contributed by atoms with E-state index < -0.39 is 0 Å². The van der Waals surface area contributed by atoms with Crippen LogP contribution in [-0.2, 0) is 13.1 Å². The Morgan fingerprint density at radius 3 is 1.85 bits per heavy atom. The first-order valence-electron chi connectivity index (χ1n) is 13.0. The number of carbonyl (C=O) groups is 1. The van der Waals surface area contributed by atoms with Crippen molar-refractivity contribution in [2.75, 3.05) is 26.2 Å². The second kappa shape index (κ2) is 12.6. The molecular formula is C33H30N2O5S. The molecule has 0 saturated carbocycles. The molecule has 0 aliphatic rings. The number of carbonyl (C=O) groups excluding carboxylic acids is 1. The standard InChI is InChI=1S/C33H30N2O5S/c1-38-27-13-6-23(7-14-27)20-35(19-22-4-11-26(37)12-5-22)33-34-31(24-8-15-28(39-2)16-9-24)32(41-33)30-18-29(40-3)17-10-25(30)21-36/h4-18,21,37H,19-20H2,1-3H3. The van der Waals surface area contributed by atoms with Crippen LogP contribution >= 0.6 is 11.3 Å². The molecule has 0 aliphatic heterocycles. The van der Waals surface area contributed by atoms with Gasteiger partial charge in [0.25, 0.3) is 0 Å². The van der Waals surface area contributed by atoms with Gasteiger partial charge in [-0.1, -0.05) is 35.6 Å². The Bertz CT molecular complexity index is 1610. The van der Waals surface area contributed by atoms with Crippen LogP contribution in [0, 0.1) is 0 Å². The molecule has 7 nitrogen and oxygen atoms in total. The van der Waals surface area contributed by atoms with Gasteiger partial charge in [-0.25, -0.2) is 4.98 Å². The molecule has 208 valence electrons. The summed E-state index contributed by atoms with van der Waals surface area (Å²) in [6, 6.07) is 28.3. The fourth-order valence-corrected chi connectivity index (χ4v) is 5.62. The van der Waals surface area contributed by atoms with Crippen molar-refractivity contribution in [1.29, 1.82) is 0 Å². The molecule has 1 N–H and O–H groups in total. The lowest BCUT2D eigenvalue weighted by Crippen LogP contribution is -2.22. The zero-order valence-corrected chi connectivity index (χ0v) is 23.9. The maximum atomic E-state index is 12.1. The monoisotopic (exact) mass is 566 g/mol. The minimum Gasteiger partial charge on any atom is -0.508 e. The smallest absolute Gasteiger partial charge is 0.187 e. The summed E-state index contributed by atoms with van der Waals surface area (Å²) in [5.74, 6) is 2.40. The fourth-order valence-electron chi connectivity index (χ4n) is 4.50. The highest BCUT2D eigenvalue weighted by Crippen LogP contribution is 2.43. The van der Waals surface area contributed by atoms with Crippen LogP contribution in [0.4, 0.5) is 5.13 Å². The zero-order chi connectivity index (χ0) is 28.8. The van der Waals surface area contributed by atoms with Crippen LogP contribution in [0.2, 0.25) is 0 Å². The van der Waals surface area contributed by atoms with E-state index in [0.717, 1.165) is 55.7 Å². The average molecular weight is 567 g/mol. The molecule has 0 spiro atoms. The first-order chi connectivity index (χ1) is 20.0. The van der Waals surface area contributed by atoms with Gasteiger partial charge in [0.1, 0.15) is 23.0 Å². The number of aromatic hydroxyl groups is 1. The maximum absolute atomic E-state index is 12.1. The lowest BCUT2D eigenvalue weighted by molar-refractivity contribution is 0.112. The summed E-state index contributed by atoms with van der Waals surface area (Å²) in [6.07, 6.45) is 0.859. The van der Waals surface area contributed by atoms with Crippen molar-refractivity contribution in [2.24, 2.45) is 0 Å². The number of phenolic OH excluding ortho intramolecular Hbond substituents is 1. The maximum Gasteiger partial charge on any atom is 0.187 e. The second-order valence-corrected chi connectivity index (χ2v) is 10.3. The molecule has 5 aromatic rings. The molecule has 0 atom stereocenters. The van der Waals surface area contributed by atoms with E-state index in [4.69, 9.17) is 19.2 Å². The molecule has 0 amide bonds. The number of hydrogen-bond acceptors (Lipinski definition) is 8. The van der Waals surface area contributed by atoms with Crippen molar-refractivity contribution in [1.82, 2.24) is 4.98 Å². The minimum absolute atomic E-state index is 0.216. The van der Waals surface area contributed by atoms with E-state index >= 15 is 0 Å². The molecule has 0 saturated heterocycles. The van der Waals surface area contributed by atoms with E-state index in [2.05, 4.69) is 4.90 Å². The summed E-state index contributed by atoms with van der Waals surface area (Å²) in [5.41, 5.74) is 5.07. The van der Waals surface area contributed by atoms with Gasteiger partial charge in [0, 0.05) is 29.8 Å². The molecule has 1 heterocycles. The molecule has 41 heavy (non-hydrogen) atoms. The van der Waals surface area contributed by atoms with Crippen molar-refractivity contribution in [3.8, 4) is 44.7 Å². The number of hydrogen-bond donors (Lipinski definition) is 1. The van der Waals surface area contributed by atoms with Crippen molar-refractivity contribution < 1.29 is 24.1 Å². The van der Waals surface area contributed by atoms with E-state index in [1.54, 1.807) is 45.6 Å². The average Bonchev–Trinajstić information content (AvgIpc) is 3.47. The number of thiazole rings is 1. The lowest BCUT2D eigenvalue weighted by atomic mass is 10.0. The number of phenols is 1. The Hall–Kier alpha value is -4.82. The number of anilines is 1. The van der Waals surface area contributed by atoms with Crippen LogP contribution in [0.5, 0.6) is 23.0 Å². The summed E-state index contributed by atoms with van der Waals surface area (Å²) in [5, 5.41) is 10.6. The first kappa shape index (κ1) is 27.7. The molecule has 0 radical (unpaired) electrons. The molecule has 0 bridgehead atoms. The van der Waals surface area contributed by atoms with Crippen LogP contribution < -0.4 is 19.1 Å². The van der Waals surface area contributed by atoms with Crippen molar-refractivity contribution in [3.05, 3.63) is 108 Å². The van der Waals surface area contributed by atoms with Gasteiger partial charge in [0.15, 0.2) is 11.4 Å². The Morgan fingerprint density at radius 2 is 1.29 bits per heavy atom. The van der Waals surface area contributed by atoms with E-state index in [9.17, 15) is 9.90 Å². The van der Waals surface area contributed by atoms with Crippen LogP contribution in [0.3, 0.4) is 0 Å². The molecule has 0 fully saturated rings. The van der Waals surface area contributed by atoms with E-state index in [-0.39, 0.29) is 5.75 Å². The highest BCUT2D eigenvalue weighted by atomic mass is 32.1. The molecule has 1 aromatic heterocycles. The molecule has 0 aliphatic carbocycles. The number of rotatable bonds is 11. The van der Waals surface area contributed by atoms with Gasteiger partial charge in [0.2, 0.25) is 0 Å². The third-order valence-electron chi connectivity index (χ3n) is 6.72. The van der Waals surface area contributed by atoms with Crippen LogP contribution in [0.1, 0.15) is 21.5 Å². The normalized spacial score (nSPS) is 10.7. The Kier molecular flexibility index (Phi) is 8.50. The molecule has 8 heteroatoms. The number of nitrogens with zero attached hydrogens (tertiary/aromatic N) is 2. The molecular weight excluding hydrogens is 536 g/mol. The van der Waals surface area contributed by atoms with E-state index in [1.165, 1.54) is 11.3 Å². The Balaban J connectivity index is 1.65. The van der Waals surface area contributed by atoms with Crippen molar-refractivity contribution in [2.45, 2.75) is 13.1 Å². The van der Waals surface area contributed by atoms with Gasteiger partial charge in [-0.3, -0.25) is 4.79 Å². The molecule has 4 aromatic carbocycles. The van der Waals surface area contributed by atoms with Crippen molar-refractivity contribution in [3.63, 3.8) is 0 Å². The number of aromatic nitrogens is 1. The molecule has 5 rings (SSSR count). The highest BCUT2D eigenvalue weighted by molar-refractivity contribution is 7.19. The van der Waals surface area contributed by atoms with E-state index in [0.29, 0.717) is 24.4 Å². The van der Waals surface area contributed by atoms with E-state index in [1.807, 2.05) is 66.7 Å². The summed E-state index contributed by atoms with van der Waals surface area (Å²) in [6.45, 7) is 1.14. The summed E-state index contributed by atoms with van der Waals surface area (Å²) < 4.78 is 16.2. The Labute approximate surface area is 243 Å². The fraction of sp³-hybridized carbons (Fsp3) is 0.152. The second-order valence-electron chi connectivity index (χ2n) is 9.34. The van der Waals surface area contributed by atoms with Crippen LogP contribution in [0.25, 0.3) is 21.7 Å². The summed E-state index contributed by atoms with van der Waals surface area (Å²) in [7, 11) is 4.89. The third kappa shape index (κ3) is 6.34. The SMILES string of the molecule is COc1ccc(CN(Cc2ccc(O)cc2)c2nc(-c3ccc(OC)cc3)c(-c3cc(OC)ccc3C=O)s2)cc1. The Morgan fingerprint density at radius 1 is 0.756 bits per heavy atom. The predicted octanol–water partition coefficient (Wildman–Crippen LogP) is 7.23.